The molecule has 0 aliphatic heterocycles. The van der Waals surface area contributed by atoms with E-state index in [1.807, 2.05) is 13.8 Å². The Bertz CT molecular complexity index is 296. The number of nitrogens with one attached hydrogen (secondary N) is 1. The number of methoxy groups -OCH3 is 1. The molecule has 1 fully saturated rings. The highest BCUT2D eigenvalue weighted by molar-refractivity contribution is 5.97. The minimum Gasteiger partial charge on any atom is -0.468 e. The molecule has 0 spiro atoms. The Morgan fingerprint density at radius 2 is 1.84 bits per heavy atom. The molecule has 1 unspecified atom stereocenters. The van der Waals surface area contributed by atoms with Crippen LogP contribution in [0.1, 0.15) is 52.4 Å². The zero-order valence-corrected chi connectivity index (χ0v) is 12.4. The van der Waals surface area contributed by atoms with E-state index in [4.69, 9.17) is 4.74 Å². The molecule has 19 heavy (non-hydrogen) atoms. The maximum absolute atomic E-state index is 12.0. The summed E-state index contributed by atoms with van der Waals surface area (Å²) in [6.07, 6.45) is 7.56. The summed E-state index contributed by atoms with van der Waals surface area (Å²) in [5.41, 5.74) is 0. The van der Waals surface area contributed by atoms with E-state index < -0.39 is 11.9 Å². The van der Waals surface area contributed by atoms with E-state index in [1.165, 1.54) is 39.2 Å². The predicted molar refractivity (Wildman–Crippen MR) is 74.5 cm³/mol. The molecule has 1 atom stereocenters. The Morgan fingerprint density at radius 3 is 2.37 bits per heavy atom. The molecule has 0 aromatic carbocycles. The Morgan fingerprint density at radius 1 is 1.21 bits per heavy atom. The molecule has 0 aromatic heterocycles. The predicted octanol–water partition coefficient (Wildman–Crippen LogP) is 2.52. The number of carbonyl (C=O) groups excluding carboxylic acids is 2. The molecule has 4 heteroatoms. The summed E-state index contributed by atoms with van der Waals surface area (Å²) in [5.74, 6) is -0.619. The van der Waals surface area contributed by atoms with Crippen molar-refractivity contribution >= 4 is 11.9 Å². The smallest absolute Gasteiger partial charge is 0.318 e. The number of hydrogen-bond donors (Lipinski definition) is 1. The number of hydrogen-bond acceptors (Lipinski definition) is 3. The normalized spacial score (nSPS) is 18.1. The van der Waals surface area contributed by atoms with E-state index in [0.717, 1.165) is 12.3 Å². The Balaban J connectivity index is 2.33. The maximum atomic E-state index is 12.0. The zero-order valence-electron chi connectivity index (χ0n) is 12.4. The van der Waals surface area contributed by atoms with E-state index in [9.17, 15) is 9.59 Å². The molecule has 4 nitrogen and oxygen atoms in total. The molecular weight excluding hydrogens is 242 g/mol. The quantitative estimate of drug-likeness (QED) is 0.595. The van der Waals surface area contributed by atoms with Crippen LogP contribution >= 0.6 is 0 Å². The van der Waals surface area contributed by atoms with Crippen molar-refractivity contribution < 1.29 is 14.3 Å². The van der Waals surface area contributed by atoms with Gasteiger partial charge in [0.25, 0.3) is 0 Å². The first-order valence-electron chi connectivity index (χ1n) is 7.41. The summed E-state index contributed by atoms with van der Waals surface area (Å²) >= 11 is 0. The van der Waals surface area contributed by atoms with Gasteiger partial charge in [-0.3, -0.25) is 9.59 Å². The summed E-state index contributed by atoms with van der Waals surface area (Å²) in [4.78, 5) is 23.6. The fourth-order valence-corrected chi connectivity index (χ4v) is 2.79. The molecule has 1 aliphatic carbocycles. The summed E-state index contributed by atoms with van der Waals surface area (Å²) in [5, 5.41) is 2.89. The first kappa shape index (κ1) is 16.0. The van der Waals surface area contributed by atoms with Crippen LogP contribution in [-0.4, -0.2) is 25.5 Å². The second-order valence-electron chi connectivity index (χ2n) is 5.83. The SMILES string of the molecule is COC(=O)C(C(=O)NCCC1CCCCC1)C(C)C. The highest BCUT2D eigenvalue weighted by Crippen LogP contribution is 2.25. The van der Waals surface area contributed by atoms with Crippen LogP contribution in [0.5, 0.6) is 0 Å². The molecule has 110 valence electrons. The Labute approximate surface area is 116 Å². The van der Waals surface area contributed by atoms with Crippen molar-refractivity contribution in [2.75, 3.05) is 13.7 Å². The number of carbonyl (C=O) groups is 2. The van der Waals surface area contributed by atoms with Crippen LogP contribution in [0.2, 0.25) is 0 Å². The topological polar surface area (TPSA) is 55.4 Å². The molecular formula is C15H27NO3. The molecule has 1 N–H and O–H groups in total. The lowest BCUT2D eigenvalue weighted by atomic mass is 9.87. The number of amides is 1. The minimum absolute atomic E-state index is 0.0397. The molecule has 0 saturated heterocycles. The van der Waals surface area contributed by atoms with Crippen molar-refractivity contribution in [3.63, 3.8) is 0 Å². The number of rotatable bonds is 6. The average molecular weight is 269 g/mol. The van der Waals surface area contributed by atoms with Crippen LogP contribution in [-0.2, 0) is 14.3 Å². The first-order valence-corrected chi connectivity index (χ1v) is 7.41. The molecule has 0 heterocycles. The molecule has 1 rings (SSSR count). The average Bonchev–Trinajstić information content (AvgIpc) is 2.39. The van der Waals surface area contributed by atoms with Gasteiger partial charge in [0.05, 0.1) is 7.11 Å². The summed E-state index contributed by atoms with van der Waals surface area (Å²) in [6, 6.07) is 0. The van der Waals surface area contributed by atoms with E-state index in [0.29, 0.717) is 6.54 Å². The number of esters is 1. The molecule has 1 saturated carbocycles. The lowest BCUT2D eigenvalue weighted by Gasteiger charge is -2.22. The third-order valence-corrected chi connectivity index (χ3v) is 3.98. The number of ether oxygens (including phenoxy) is 1. The lowest BCUT2D eigenvalue weighted by Crippen LogP contribution is -2.39. The summed E-state index contributed by atoms with van der Waals surface area (Å²) < 4.78 is 4.69. The van der Waals surface area contributed by atoms with Crippen LogP contribution < -0.4 is 5.32 Å². The van der Waals surface area contributed by atoms with Gasteiger partial charge in [0.2, 0.25) is 5.91 Å². The minimum atomic E-state index is -0.684. The molecule has 0 radical (unpaired) electrons. The van der Waals surface area contributed by atoms with Gasteiger partial charge in [-0.2, -0.15) is 0 Å². The fourth-order valence-electron chi connectivity index (χ4n) is 2.79. The van der Waals surface area contributed by atoms with Crippen LogP contribution in [0.3, 0.4) is 0 Å². The van der Waals surface area contributed by atoms with Crippen LogP contribution in [0, 0.1) is 17.8 Å². The van der Waals surface area contributed by atoms with Gasteiger partial charge in [-0.25, -0.2) is 0 Å². The third kappa shape index (κ3) is 5.21. The van der Waals surface area contributed by atoms with Gasteiger partial charge in [0.1, 0.15) is 5.92 Å². The van der Waals surface area contributed by atoms with Crippen molar-refractivity contribution in [3.8, 4) is 0 Å². The fraction of sp³-hybridized carbons (Fsp3) is 0.867. The molecule has 0 bridgehead atoms. The van der Waals surface area contributed by atoms with Gasteiger partial charge in [-0.05, 0) is 18.3 Å². The summed E-state index contributed by atoms with van der Waals surface area (Å²) in [6.45, 7) is 4.40. The van der Waals surface area contributed by atoms with Crippen molar-refractivity contribution in [2.24, 2.45) is 17.8 Å². The Kier molecular flexibility index (Phi) is 6.89. The van der Waals surface area contributed by atoms with Crippen molar-refractivity contribution in [3.05, 3.63) is 0 Å². The molecule has 0 aromatic rings. The van der Waals surface area contributed by atoms with Gasteiger partial charge in [-0.1, -0.05) is 46.0 Å². The van der Waals surface area contributed by atoms with E-state index in [1.54, 1.807) is 0 Å². The van der Waals surface area contributed by atoms with E-state index in [-0.39, 0.29) is 11.8 Å². The van der Waals surface area contributed by atoms with Gasteiger partial charge in [0.15, 0.2) is 0 Å². The highest BCUT2D eigenvalue weighted by Gasteiger charge is 2.30. The monoisotopic (exact) mass is 269 g/mol. The van der Waals surface area contributed by atoms with E-state index >= 15 is 0 Å². The van der Waals surface area contributed by atoms with Crippen molar-refractivity contribution in [1.82, 2.24) is 5.32 Å². The first-order chi connectivity index (χ1) is 9.06. The highest BCUT2D eigenvalue weighted by atomic mass is 16.5. The van der Waals surface area contributed by atoms with Crippen molar-refractivity contribution in [2.45, 2.75) is 52.4 Å². The van der Waals surface area contributed by atoms with Crippen LogP contribution in [0.15, 0.2) is 0 Å². The standard InChI is InChI=1S/C15H27NO3/c1-11(2)13(15(18)19-3)14(17)16-10-9-12-7-5-4-6-8-12/h11-13H,4-10H2,1-3H3,(H,16,17). The van der Waals surface area contributed by atoms with Crippen molar-refractivity contribution in [1.29, 1.82) is 0 Å². The largest absolute Gasteiger partial charge is 0.468 e. The second kappa shape index (κ2) is 8.18. The lowest BCUT2D eigenvalue weighted by molar-refractivity contribution is -0.151. The van der Waals surface area contributed by atoms with Gasteiger partial charge in [0, 0.05) is 6.54 Å². The Hall–Kier alpha value is -1.06. The molecule has 1 amide bonds. The second-order valence-corrected chi connectivity index (χ2v) is 5.83. The summed E-state index contributed by atoms with van der Waals surface area (Å²) in [7, 11) is 1.33. The van der Waals surface area contributed by atoms with E-state index in [2.05, 4.69) is 5.32 Å². The van der Waals surface area contributed by atoms with Gasteiger partial charge < -0.3 is 10.1 Å². The molecule has 1 aliphatic rings. The maximum Gasteiger partial charge on any atom is 0.318 e. The zero-order chi connectivity index (χ0) is 14.3. The van der Waals surface area contributed by atoms with Gasteiger partial charge in [-0.15, -0.1) is 0 Å². The van der Waals surface area contributed by atoms with Gasteiger partial charge >= 0.3 is 5.97 Å². The van der Waals surface area contributed by atoms with Crippen LogP contribution in [0.25, 0.3) is 0 Å². The van der Waals surface area contributed by atoms with Crippen LogP contribution in [0.4, 0.5) is 0 Å². The third-order valence-electron chi connectivity index (χ3n) is 3.98.